The number of nitrogens with zero attached hydrogens (tertiary/aromatic N) is 3. The van der Waals surface area contributed by atoms with Crippen molar-refractivity contribution in [3.8, 4) is 11.3 Å². The molecule has 190 valence electrons. The van der Waals surface area contributed by atoms with Crippen molar-refractivity contribution in [2.75, 3.05) is 13.6 Å². The van der Waals surface area contributed by atoms with Gasteiger partial charge in [-0.15, -0.1) is 0 Å². The summed E-state index contributed by atoms with van der Waals surface area (Å²) in [6.45, 7) is 2.50. The molecule has 3 aromatic rings. The number of aromatic amines is 1. The predicted octanol–water partition coefficient (Wildman–Crippen LogP) is 3.96. The molecule has 3 N–H and O–H groups in total. The normalized spacial score (nSPS) is 20.4. The van der Waals surface area contributed by atoms with Crippen molar-refractivity contribution in [3.63, 3.8) is 0 Å². The summed E-state index contributed by atoms with van der Waals surface area (Å²) in [6, 6.07) is 9.22. The molecule has 0 bridgehead atoms. The van der Waals surface area contributed by atoms with Gasteiger partial charge in [0.15, 0.2) is 0 Å². The maximum absolute atomic E-state index is 14.0. The molecule has 1 aliphatic heterocycles. The molecule has 0 spiro atoms. The van der Waals surface area contributed by atoms with E-state index in [0.717, 1.165) is 66.4 Å². The van der Waals surface area contributed by atoms with Gasteiger partial charge in [0.1, 0.15) is 12.4 Å². The quantitative estimate of drug-likeness (QED) is 0.467. The van der Waals surface area contributed by atoms with E-state index in [2.05, 4.69) is 31.7 Å². The zero-order chi connectivity index (χ0) is 25.1. The molecule has 1 aromatic carbocycles. The first-order valence-corrected chi connectivity index (χ1v) is 13.2. The van der Waals surface area contributed by atoms with Crippen LogP contribution in [0.25, 0.3) is 22.2 Å². The van der Waals surface area contributed by atoms with Gasteiger partial charge in [-0.05, 0) is 57.7 Å². The monoisotopic (exact) mass is 488 g/mol. The highest BCUT2D eigenvalue weighted by atomic mass is 16.2. The fraction of sp³-hybridized carbons (Fsp3) is 0.500. The summed E-state index contributed by atoms with van der Waals surface area (Å²) >= 11 is 0. The van der Waals surface area contributed by atoms with E-state index in [1.165, 1.54) is 6.42 Å². The molecule has 2 amide bonds. The zero-order valence-electron chi connectivity index (χ0n) is 21.2. The molecule has 1 saturated carbocycles. The van der Waals surface area contributed by atoms with Crippen molar-refractivity contribution in [1.29, 1.82) is 0 Å². The van der Waals surface area contributed by atoms with Gasteiger partial charge in [-0.25, -0.2) is 9.97 Å². The van der Waals surface area contributed by atoms with Gasteiger partial charge in [-0.3, -0.25) is 9.59 Å². The molecule has 2 fully saturated rings. The summed E-state index contributed by atoms with van der Waals surface area (Å²) in [6.07, 6.45) is 10.7. The molecule has 36 heavy (non-hydrogen) atoms. The standard InChI is InChI=1S/C28H36N6O2/c1-18(29-2)27(35)33-26(19-9-4-3-5-10-19)28(36)34-14-8-13-25(34)24-15-23(31-17-32-24)21-16-30-22-12-7-6-11-20(21)22/h6-7,11-12,15-19,25-26,29-30H,3-5,8-10,13-14H2,1-2H3,(H,33,35)/t18-,25-,26-/m0/s1. The Balaban J connectivity index is 1.41. The fourth-order valence-electron chi connectivity index (χ4n) is 5.76. The average Bonchev–Trinajstić information content (AvgIpc) is 3.59. The highest BCUT2D eigenvalue weighted by Crippen LogP contribution is 2.36. The largest absolute Gasteiger partial charge is 0.360 e. The molecule has 8 heteroatoms. The van der Waals surface area contributed by atoms with Gasteiger partial charge in [0, 0.05) is 29.2 Å². The molecule has 3 heterocycles. The van der Waals surface area contributed by atoms with E-state index in [1.807, 2.05) is 42.3 Å². The lowest BCUT2D eigenvalue weighted by Crippen LogP contribution is -2.55. The van der Waals surface area contributed by atoms with Crippen LogP contribution in [0.1, 0.15) is 63.6 Å². The van der Waals surface area contributed by atoms with E-state index in [9.17, 15) is 9.59 Å². The molecule has 1 saturated heterocycles. The van der Waals surface area contributed by atoms with Crippen molar-refractivity contribution in [2.24, 2.45) is 5.92 Å². The molecular weight excluding hydrogens is 452 g/mol. The smallest absolute Gasteiger partial charge is 0.246 e. The number of fused-ring (bicyclic) bond motifs is 1. The number of likely N-dealkylation sites (tertiary alicyclic amines) is 1. The maximum Gasteiger partial charge on any atom is 0.246 e. The van der Waals surface area contributed by atoms with Crippen LogP contribution in [-0.4, -0.2) is 57.3 Å². The average molecular weight is 489 g/mol. The Hall–Kier alpha value is -3.26. The second-order valence-corrected chi connectivity index (χ2v) is 10.2. The van der Waals surface area contributed by atoms with Crippen molar-refractivity contribution >= 4 is 22.7 Å². The van der Waals surface area contributed by atoms with Gasteiger partial charge in [0.25, 0.3) is 0 Å². The Morgan fingerprint density at radius 3 is 2.69 bits per heavy atom. The van der Waals surface area contributed by atoms with Crippen LogP contribution in [0.3, 0.4) is 0 Å². The number of nitrogens with one attached hydrogen (secondary N) is 3. The third kappa shape index (κ3) is 4.87. The zero-order valence-corrected chi connectivity index (χ0v) is 21.2. The second kappa shape index (κ2) is 10.8. The summed E-state index contributed by atoms with van der Waals surface area (Å²) in [5.74, 6) is 0.0711. The van der Waals surface area contributed by atoms with E-state index in [4.69, 9.17) is 0 Å². The van der Waals surface area contributed by atoms with Crippen molar-refractivity contribution in [3.05, 3.63) is 48.5 Å². The first kappa shape index (κ1) is 24.4. The number of likely N-dealkylation sites (N-methyl/N-ethyl adjacent to an activating group) is 1. The molecule has 0 unspecified atom stereocenters. The van der Waals surface area contributed by atoms with Gasteiger partial charge >= 0.3 is 0 Å². The molecule has 2 aromatic heterocycles. The number of amides is 2. The van der Waals surface area contributed by atoms with Crippen LogP contribution in [0.5, 0.6) is 0 Å². The summed E-state index contributed by atoms with van der Waals surface area (Å²) < 4.78 is 0. The van der Waals surface area contributed by atoms with Gasteiger partial charge in [-0.2, -0.15) is 0 Å². The van der Waals surface area contributed by atoms with Gasteiger partial charge in [0.2, 0.25) is 11.8 Å². The van der Waals surface area contributed by atoms with Crippen LogP contribution < -0.4 is 10.6 Å². The minimum absolute atomic E-state index is 0.0216. The summed E-state index contributed by atoms with van der Waals surface area (Å²) in [5.41, 5.74) is 3.79. The number of benzene rings is 1. The minimum atomic E-state index is -0.496. The SMILES string of the molecule is CN[C@@H](C)C(=O)N[C@H](C(=O)N1CCC[C@H]1c1cc(-c2c[nH]c3ccccc23)ncn1)C1CCCCC1. The molecule has 8 nitrogen and oxygen atoms in total. The van der Waals surface area contributed by atoms with E-state index >= 15 is 0 Å². The Kier molecular flexibility index (Phi) is 7.32. The number of aromatic nitrogens is 3. The van der Waals surface area contributed by atoms with Gasteiger partial charge in [-0.1, -0.05) is 37.5 Å². The van der Waals surface area contributed by atoms with Crippen molar-refractivity contribution in [1.82, 2.24) is 30.5 Å². The summed E-state index contributed by atoms with van der Waals surface area (Å²) in [5, 5.41) is 7.21. The molecule has 3 atom stereocenters. The van der Waals surface area contributed by atoms with Crippen molar-refractivity contribution in [2.45, 2.75) is 70.0 Å². The van der Waals surface area contributed by atoms with E-state index < -0.39 is 6.04 Å². The first-order valence-electron chi connectivity index (χ1n) is 13.2. The number of carbonyl (C=O) groups is 2. The lowest BCUT2D eigenvalue weighted by molar-refractivity contribution is -0.139. The number of hydrogen-bond donors (Lipinski definition) is 3. The number of hydrogen-bond acceptors (Lipinski definition) is 5. The van der Waals surface area contributed by atoms with Crippen LogP contribution in [0.4, 0.5) is 0 Å². The molecule has 1 aliphatic carbocycles. The van der Waals surface area contributed by atoms with Crippen LogP contribution in [0.2, 0.25) is 0 Å². The summed E-state index contributed by atoms with van der Waals surface area (Å²) in [7, 11) is 1.76. The first-order chi connectivity index (χ1) is 17.6. The Labute approximate surface area is 212 Å². The highest BCUT2D eigenvalue weighted by molar-refractivity contribution is 5.94. The minimum Gasteiger partial charge on any atom is -0.360 e. The van der Waals surface area contributed by atoms with Crippen LogP contribution in [-0.2, 0) is 9.59 Å². The van der Waals surface area contributed by atoms with E-state index in [-0.39, 0.29) is 29.8 Å². The summed E-state index contributed by atoms with van der Waals surface area (Å²) in [4.78, 5) is 41.2. The van der Waals surface area contributed by atoms with Crippen LogP contribution >= 0.6 is 0 Å². The van der Waals surface area contributed by atoms with Gasteiger partial charge < -0.3 is 20.5 Å². The number of H-pyrrole nitrogens is 1. The van der Waals surface area contributed by atoms with Crippen LogP contribution in [0, 0.1) is 5.92 Å². The third-order valence-electron chi connectivity index (χ3n) is 7.94. The predicted molar refractivity (Wildman–Crippen MR) is 140 cm³/mol. The second-order valence-electron chi connectivity index (χ2n) is 10.2. The van der Waals surface area contributed by atoms with E-state index in [1.54, 1.807) is 13.4 Å². The Morgan fingerprint density at radius 2 is 1.89 bits per heavy atom. The number of para-hydroxylation sites is 1. The Morgan fingerprint density at radius 1 is 1.08 bits per heavy atom. The molecule has 0 radical (unpaired) electrons. The van der Waals surface area contributed by atoms with Crippen molar-refractivity contribution < 1.29 is 9.59 Å². The topological polar surface area (TPSA) is 103 Å². The number of rotatable bonds is 7. The Bertz CT molecular complexity index is 1220. The van der Waals surface area contributed by atoms with Crippen LogP contribution in [0.15, 0.2) is 42.9 Å². The molecule has 5 rings (SSSR count). The highest BCUT2D eigenvalue weighted by Gasteiger charge is 2.39. The van der Waals surface area contributed by atoms with Gasteiger partial charge in [0.05, 0.1) is 23.5 Å². The fourth-order valence-corrected chi connectivity index (χ4v) is 5.76. The lowest BCUT2D eigenvalue weighted by Gasteiger charge is -2.35. The third-order valence-corrected chi connectivity index (χ3v) is 7.94. The molecule has 2 aliphatic rings. The molecular formula is C28H36N6O2. The number of carbonyl (C=O) groups excluding carboxylic acids is 2. The maximum atomic E-state index is 14.0. The lowest BCUT2D eigenvalue weighted by atomic mass is 9.83. The van der Waals surface area contributed by atoms with E-state index in [0.29, 0.717) is 6.54 Å².